The van der Waals surface area contributed by atoms with Crippen LogP contribution in [-0.4, -0.2) is 23.3 Å². The topological polar surface area (TPSA) is 86.2 Å². The molecule has 0 aliphatic rings. The van der Waals surface area contributed by atoms with Gasteiger partial charge in [0, 0.05) is 5.75 Å². The Morgan fingerprint density at radius 2 is 2.00 bits per heavy atom. The molecular weight excluding hydrogens is 200 g/mol. The van der Waals surface area contributed by atoms with Crippen LogP contribution in [0.1, 0.15) is 20.3 Å². The number of hydrogen-bond donors (Lipinski definition) is 2. The van der Waals surface area contributed by atoms with Crippen LogP contribution >= 0.6 is 11.8 Å². The molecule has 81 valence electrons. The second kappa shape index (κ2) is 5.90. The molecule has 0 aliphatic carbocycles. The molecule has 0 aromatic heterocycles. The van der Waals surface area contributed by atoms with E-state index in [1.54, 1.807) is 18.7 Å². The van der Waals surface area contributed by atoms with Gasteiger partial charge in [-0.1, -0.05) is 6.92 Å². The van der Waals surface area contributed by atoms with Gasteiger partial charge in [-0.15, -0.1) is 0 Å². The normalized spacial score (nSPS) is 14.7. The molecule has 5 heteroatoms. The summed E-state index contributed by atoms with van der Waals surface area (Å²) in [6.45, 7) is 3.75. The summed E-state index contributed by atoms with van der Waals surface area (Å²) in [5.41, 5.74) is 9.58. The maximum Gasteiger partial charge on any atom is 0.224 e. The fraction of sp³-hybridized carbons (Fsp3) is 0.667. The van der Waals surface area contributed by atoms with Gasteiger partial charge in [-0.3, -0.25) is 9.59 Å². The van der Waals surface area contributed by atoms with E-state index in [0.29, 0.717) is 12.2 Å². The molecule has 0 saturated heterocycles. The van der Waals surface area contributed by atoms with E-state index >= 15 is 0 Å². The lowest BCUT2D eigenvalue weighted by Crippen LogP contribution is -2.37. The second-order valence-corrected chi connectivity index (χ2v) is 4.65. The standard InChI is InChI=1S/C9H17N2O2S/c1-3-14-6-9(2,8(11)13)5-4-7(10)12/h4H,3,5-6H2,1-2H3,(H2,10,12)(H2,11,13). The van der Waals surface area contributed by atoms with Gasteiger partial charge in [0.2, 0.25) is 11.8 Å². The van der Waals surface area contributed by atoms with Crippen LogP contribution in [0.5, 0.6) is 0 Å². The van der Waals surface area contributed by atoms with E-state index < -0.39 is 17.2 Å². The van der Waals surface area contributed by atoms with Crippen molar-refractivity contribution in [3.8, 4) is 0 Å². The average molecular weight is 217 g/mol. The van der Waals surface area contributed by atoms with Crippen molar-refractivity contribution in [3.05, 3.63) is 6.42 Å². The molecule has 0 fully saturated rings. The minimum Gasteiger partial charge on any atom is -0.369 e. The monoisotopic (exact) mass is 217 g/mol. The van der Waals surface area contributed by atoms with Crippen LogP contribution in [-0.2, 0) is 9.59 Å². The highest BCUT2D eigenvalue weighted by Gasteiger charge is 2.31. The molecule has 4 N–H and O–H groups in total. The summed E-state index contributed by atoms with van der Waals surface area (Å²) in [7, 11) is 0. The minimum absolute atomic E-state index is 0.310. The van der Waals surface area contributed by atoms with Crippen LogP contribution in [0.15, 0.2) is 0 Å². The van der Waals surface area contributed by atoms with Crippen LogP contribution in [0.3, 0.4) is 0 Å². The number of rotatable bonds is 7. The van der Waals surface area contributed by atoms with Gasteiger partial charge in [0.05, 0.1) is 11.8 Å². The Kier molecular flexibility index (Phi) is 5.60. The van der Waals surface area contributed by atoms with Crippen molar-refractivity contribution in [3.63, 3.8) is 0 Å². The molecule has 14 heavy (non-hydrogen) atoms. The lowest BCUT2D eigenvalue weighted by Gasteiger charge is -2.24. The smallest absolute Gasteiger partial charge is 0.224 e. The molecule has 0 heterocycles. The summed E-state index contributed by atoms with van der Waals surface area (Å²) in [4.78, 5) is 21.7. The number of carbonyl (C=O) groups is 2. The van der Waals surface area contributed by atoms with Crippen LogP contribution in [0.4, 0.5) is 0 Å². The Bertz CT molecular complexity index is 221. The zero-order valence-corrected chi connectivity index (χ0v) is 9.39. The van der Waals surface area contributed by atoms with Gasteiger partial charge >= 0.3 is 0 Å². The van der Waals surface area contributed by atoms with E-state index in [9.17, 15) is 9.59 Å². The summed E-state index contributed by atoms with van der Waals surface area (Å²) < 4.78 is 0. The number of nitrogens with two attached hydrogens (primary N) is 2. The van der Waals surface area contributed by atoms with E-state index in [4.69, 9.17) is 11.5 Å². The molecule has 0 rings (SSSR count). The third kappa shape index (κ3) is 4.50. The molecule has 0 spiro atoms. The molecule has 2 amide bonds. The van der Waals surface area contributed by atoms with Crippen LogP contribution in [0.2, 0.25) is 0 Å². The zero-order valence-electron chi connectivity index (χ0n) is 8.58. The number of primary amides is 2. The van der Waals surface area contributed by atoms with E-state index in [1.807, 2.05) is 6.92 Å². The Labute approximate surface area is 88.8 Å². The second-order valence-electron chi connectivity index (χ2n) is 3.37. The lowest BCUT2D eigenvalue weighted by molar-refractivity contribution is -0.125. The van der Waals surface area contributed by atoms with Crippen molar-refractivity contribution in [1.82, 2.24) is 0 Å². The molecule has 0 saturated carbocycles. The van der Waals surface area contributed by atoms with Gasteiger partial charge in [-0.05, 0) is 19.1 Å². The first-order valence-electron chi connectivity index (χ1n) is 4.42. The maximum absolute atomic E-state index is 11.2. The SMILES string of the molecule is CCSCC(C)(C[CH]C(N)=O)C(N)=O. The fourth-order valence-corrected chi connectivity index (χ4v) is 1.80. The van der Waals surface area contributed by atoms with E-state index in [2.05, 4.69) is 0 Å². The zero-order chi connectivity index (χ0) is 11.2. The fourth-order valence-electron chi connectivity index (χ4n) is 0.884. The number of thioether (sulfide) groups is 1. The van der Waals surface area contributed by atoms with Crippen LogP contribution in [0.25, 0.3) is 0 Å². The third-order valence-corrected chi connectivity index (χ3v) is 3.22. The van der Waals surface area contributed by atoms with Gasteiger partial charge in [-0.2, -0.15) is 11.8 Å². The summed E-state index contributed by atoms with van der Waals surface area (Å²) >= 11 is 1.62. The molecule has 0 aromatic rings. The average Bonchev–Trinajstić information content (AvgIpc) is 2.11. The van der Waals surface area contributed by atoms with Crippen molar-refractivity contribution in [2.75, 3.05) is 11.5 Å². The van der Waals surface area contributed by atoms with Gasteiger partial charge < -0.3 is 11.5 Å². The van der Waals surface area contributed by atoms with E-state index in [0.717, 1.165) is 5.75 Å². The van der Waals surface area contributed by atoms with Gasteiger partial charge in [-0.25, -0.2) is 0 Å². The highest BCUT2D eigenvalue weighted by molar-refractivity contribution is 7.99. The Balaban J connectivity index is 4.24. The van der Waals surface area contributed by atoms with E-state index in [-0.39, 0.29) is 0 Å². The summed E-state index contributed by atoms with van der Waals surface area (Å²) in [5, 5.41) is 0. The summed E-state index contributed by atoms with van der Waals surface area (Å²) in [5.74, 6) is 0.622. The Hall–Kier alpha value is -0.710. The van der Waals surface area contributed by atoms with Crippen molar-refractivity contribution in [1.29, 1.82) is 0 Å². The molecule has 0 bridgehead atoms. The minimum atomic E-state index is -0.671. The quantitative estimate of drug-likeness (QED) is 0.643. The van der Waals surface area contributed by atoms with Gasteiger partial charge in [0.1, 0.15) is 0 Å². The van der Waals surface area contributed by atoms with Crippen molar-refractivity contribution in [2.24, 2.45) is 16.9 Å². The Morgan fingerprint density at radius 1 is 1.43 bits per heavy atom. The lowest BCUT2D eigenvalue weighted by atomic mass is 9.87. The molecule has 0 aliphatic heterocycles. The Morgan fingerprint density at radius 3 is 2.36 bits per heavy atom. The highest BCUT2D eigenvalue weighted by atomic mass is 32.2. The molecule has 0 aromatic carbocycles. The largest absolute Gasteiger partial charge is 0.369 e. The van der Waals surface area contributed by atoms with Crippen molar-refractivity contribution < 1.29 is 9.59 Å². The van der Waals surface area contributed by atoms with Crippen LogP contribution in [0, 0.1) is 11.8 Å². The summed E-state index contributed by atoms with van der Waals surface area (Å²) in [6, 6.07) is 0. The first-order valence-corrected chi connectivity index (χ1v) is 5.58. The maximum atomic E-state index is 11.2. The van der Waals surface area contributed by atoms with Gasteiger partial charge in [0.15, 0.2) is 0 Å². The first kappa shape index (κ1) is 13.3. The molecule has 4 nitrogen and oxygen atoms in total. The predicted molar refractivity (Wildman–Crippen MR) is 58.4 cm³/mol. The molecule has 1 radical (unpaired) electrons. The number of hydrogen-bond acceptors (Lipinski definition) is 3. The molecule has 1 atom stereocenters. The van der Waals surface area contributed by atoms with E-state index in [1.165, 1.54) is 6.42 Å². The molecular formula is C9H17N2O2S. The molecule has 1 unspecified atom stereocenters. The number of amides is 2. The first-order chi connectivity index (χ1) is 6.42. The van der Waals surface area contributed by atoms with Crippen molar-refractivity contribution >= 4 is 23.6 Å². The van der Waals surface area contributed by atoms with Crippen LogP contribution < -0.4 is 11.5 Å². The predicted octanol–water partition coefficient (Wildman–Crippen LogP) is 0.311. The third-order valence-electron chi connectivity index (χ3n) is 1.97. The number of carbonyl (C=O) groups excluding carboxylic acids is 2. The summed E-state index contributed by atoms with van der Waals surface area (Å²) in [6.07, 6.45) is 1.62. The van der Waals surface area contributed by atoms with Crippen molar-refractivity contribution in [2.45, 2.75) is 20.3 Å². The highest BCUT2D eigenvalue weighted by Crippen LogP contribution is 2.27. The van der Waals surface area contributed by atoms with Gasteiger partial charge in [0.25, 0.3) is 0 Å².